The fourth-order valence-electron chi connectivity index (χ4n) is 2.88. The summed E-state index contributed by atoms with van der Waals surface area (Å²) in [5, 5.41) is 10.4. The number of hydrogen-bond donors (Lipinski definition) is 1. The molecule has 1 aliphatic rings. The second-order valence-electron chi connectivity index (χ2n) is 5.74. The van der Waals surface area contributed by atoms with Gasteiger partial charge in [-0.25, -0.2) is 0 Å². The molecule has 1 aliphatic carbocycles. The number of nitrogens with zero attached hydrogens (tertiary/aromatic N) is 1. The quantitative estimate of drug-likeness (QED) is 0.875. The molecule has 0 radical (unpaired) electrons. The number of aliphatic hydroxyl groups excluding tert-OH is 1. The molecule has 1 unspecified atom stereocenters. The van der Waals surface area contributed by atoms with Crippen molar-refractivity contribution >= 4 is 5.69 Å². The summed E-state index contributed by atoms with van der Waals surface area (Å²) in [5.41, 5.74) is 2.22. The molecule has 0 heterocycles. The van der Waals surface area contributed by atoms with Crippen molar-refractivity contribution in [2.24, 2.45) is 5.92 Å². The minimum absolute atomic E-state index is 0.298. The molecule has 1 fully saturated rings. The highest BCUT2D eigenvalue weighted by Crippen LogP contribution is 2.32. The molecule has 2 nitrogen and oxygen atoms in total. The van der Waals surface area contributed by atoms with Gasteiger partial charge in [-0.1, -0.05) is 44.2 Å². The molecule has 0 bridgehead atoms. The van der Waals surface area contributed by atoms with E-state index in [-0.39, 0.29) is 6.10 Å². The molecule has 0 amide bonds. The summed E-state index contributed by atoms with van der Waals surface area (Å²) >= 11 is 0. The molecule has 1 N–H and O–H groups in total. The van der Waals surface area contributed by atoms with Crippen molar-refractivity contribution in [3.63, 3.8) is 0 Å². The molecule has 18 heavy (non-hydrogen) atoms. The first-order valence-electron chi connectivity index (χ1n) is 7.12. The number of anilines is 1. The lowest BCUT2D eigenvalue weighted by atomic mass is 9.84. The number of hydrogen-bond acceptors (Lipinski definition) is 2. The monoisotopic (exact) mass is 247 g/mol. The van der Waals surface area contributed by atoms with Crippen molar-refractivity contribution in [1.29, 1.82) is 0 Å². The third-order valence-corrected chi connectivity index (χ3v) is 4.05. The van der Waals surface area contributed by atoms with E-state index in [1.54, 1.807) is 0 Å². The molecular weight excluding hydrogens is 222 g/mol. The second kappa shape index (κ2) is 6.24. The van der Waals surface area contributed by atoms with E-state index in [0.29, 0.717) is 0 Å². The lowest BCUT2D eigenvalue weighted by Crippen LogP contribution is -2.12. The van der Waals surface area contributed by atoms with Crippen molar-refractivity contribution in [2.75, 3.05) is 19.0 Å². The second-order valence-corrected chi connectivity index (χ2v) is 5.74. The molecule has 0 aromatic heterocycles. The Morgan fingerprint density at radius 3 is 2.61 bits per heavy atom. The summed E-state index contributed by atoms with van der Waals surface area (Å²) in [5.74, 6) is 0.719. The Hall–Kier alpha value is -1.02. The topological polar surface area (TPSA) is 23.5 Å². The summed E-state index contributed by atoms with van der Waals surface area (Å²) < 4.78 is 0. The fraction of sp³-hybridized carbons (Fsp3) is 0.625. The van der Waals surface area contributed by atoms with Crippen LogP contribution in [0.4, 0.5) is 5.69 Å². The Labute approximate surface area is 111 Å². The van der Waals surface area contributed by atoms with Gasteiger partial charge in [-0.2, -0.15) is 0 Å². The highest BCUT2D eigenvalue weighted by Gasteiger charge is 2.18. The first kappa shape index (κ1) is 13.4. The van der Waals surface area contributed by atoms with Gasteiger partial charge >= 0.3 is 0 Å². The summed E-state index contributed by atoms with van der Waals surface area (Å²) in [7, 11) is 4.07. The van der Waals surface area contributed by atoms with Crippen molar-refractivity contribution in [2.45, 2.75) is 44.6 Å². The zero-order valence-corrected chi connectivity index (χ0v) is 11.6. The number of aliphatic hydroxyl groups is 1. The summed E-state index contributed by atoms with van der Waals surface area (Å²) in [6.45, 7) is 0. The van der Waals surface area contributed by atoms with Gasteiger partial charge in [-0.05, 0) is 30.0 Å². The van der Waals surface area contributed by atoms with E-state index < -0.39 is 0 Å². The van der Waals surface area contributed by atoms with Crippen LogP contribution in [0.5, 0.6) is 0 Å². The van der Waals surface area contributed by atoms with Gasteiger partial charge in [0.2, 0.25) is 0 Å². The van der Waals surface area contributed by atoms with Gasteiger partial charge in [-0.15, -0.1) is 0 Å². The zero-order valence-electron chi connectivity index (χ0n) is 11.6. The minimum Gasteiger partial charge on any atom is -0.388 e. The molecule has 2 rings (SSSR count). The fourth-order valence-corrected chi connectivity index (χ4v) is 2.88. The maximum atomic E-state index is 10.4. The van der Waals surface area contributed by atoms with Crippen LogP contribution in [-0.2, 0) is 0 Å². The summed E-state index contributed by atoms with van der Waals surface area (Å²) in [6.07, 6.45) is 7.28. The molecule has 1 aromatic rings. The molecule has 1 atom stereocenters. The zero-order chi connectivity index (χ0) is 13.0. The predicted octanol–water partition coefficient (Wildman–Crippen LogP) is 3.76. The summed E-state index contributed by atoms with van der Waals surface area (Å²) in [4.78, 5) is 2.08. The van der Waals surface area contributed by atoms with E-state index in [4.69, 9.17) is 0 Å². The van der Waals surface area contributed by atoms with Gasteiger partial charge in [0.1, 0.15) is 0 Å². The maximum Gasteiger partial charge on any atom is 0.0793 e. The average molecular weight is 247 g/mol. The summed E-state index contributed by atoms with van der Waals surface area (Å²) in [6, 6.07) is 8.26. The smallest absolute Gasteiger partial charge is 0.0793 e. The van der Waals surface area contributed by atoms with Crippen LogP contribution in [0.3, 0.4) is 0 Å². The van der Waals surface area contributed by atoms with Gasteiger partial charge in [0.25, 0.3) is 0 Å². The van der Waals surface area contributed by atoms with Gasteiger partial charge in [0.05, 0.1) is 6.10 Å². The molecule has 0 aliphatic heterocycles. The third-order valence-electron chi connectivity index (χ3n) is 4.05. The van der Waals surface area contributed by atoms with Crippen molar-refractivity contribution in [3.8, 4) is 0 Å². The van der Waals surface area contributed by atoms with Crippen LogP contribution in [0.1, 0.15) is 50.2 Å². The van der Waals surface area contributed by atoms with Crippen LogP contribution in [0.15, 0.2) is 24.3 Å². The van der Waals surface area contributed by atoms with Gasteiger partial charge in [0.15, 0.2) is 0 Å². The highest BCUT2D eigenvalue weighted by atomic mass is 16.3. The minimum atomic E-state index is -0.298. The van der Waals surface area contributed by atoms with Crippen LogP contribution >= 0.6 is 0 Å². The molecular formula is C16H25NO. The average Bonchev–Trinajstić information content (AvgIpc) is 2.40. The van der Waals surface area contributed by atoms with Gasteiger partial charge in [0, 0.05) is 19.8 Å². The van der Waals surface area contributed by atoms with Crippen molar-refractivity contribution < 1.29 is 5.11 Å². The van der Waals surface area contributed by atoms with Crippen LogP contribution in [0, 0.1) is 5.92 Å². The lowest BCUT2D eigenvalue weighted by Gasteiger charge is -2.24. The Morgan fingerprint density at radius 1 is 1.22 bits per heavy atom. The van der Waals surface area contributed by atoms with Gasteiger partial charge in [-0.3, -0.25) is 0 Å². The Bertz CT molecular complexity index is 369. The van der Waals surface area contributed by atoms with Crippen molar-refractivity contribution in [3.05, 3.63) is 29.8 Å². The Kier molecular flexibility index (Phi) is 4.65. The SMILES string of the molecule is CN(C)c1cccc(C(O)CC2CCCCC2)c1. The van der Waals surface area contributed by atoms with Crippen LogP contribution in [-0.4, -0.2) is 19.2 Å². The first-order valence-corrected chi connectivity index (χ1v) is 7.12. The molecule has 100 valence electrons. The van der Waals surface area contributed by atoms with E-state index in [9.17, 15) is 5.11 Å². The predicted molar refractivity (Wildman–Crippen MR) is 76.9 cm³/mol. The molecule has 1 aromatic carbocycles. The van der Waals surface area contributed by atoms with Gasteiger partial charge < -0.3 is 10.0 Å². The van der Waals surface area contributed by atoms with Crippen molar-refractivity contribution in [1.82, 2.24) is 0 Å². The van der Waals surface area contributed by atoms with E-state index >= 15 is 0 Å². The Balaban J connectivity index is 1.99. The lowest BCUT2D eigenvalue weighted by molar-refractivity contribution is 0.131. The number of benzene rings is 1. The van der Waals surface area contributed by atoms with Crippen LogP contribution < -0.4 is 4.90 Å². The molecule has 0 spiro atoms. The molecule has 0 saturated heterocycles. The largest absolute Gasteiger partial charge is 0.388 e. The first-order chi connectivity index (χ1) is 8.66. The van der Waals surface area contributed by atoms with E-state index in [1.165, 1.54) is 32.1 Å². The maximum absolute atomic E-state index is 10.4. The molecule has 1 saturated carbocycles. The van der Waals surface area contributed by atoms with E-state index in [1.807, 2.05) is 26.2 Å². The standard InChI is InChI=1S/C16H25NO/c1-17(2)15-10-6-9-14(12-15)16(18)11-13-7-4-3-5-8-13/h6,9-10,12-13,16,18H,3-5,7-8,11H2,1-2H3. The molecule has 2 heteroatoms. The van der Waals surface area contributed by atoms with E-state index in [0.717, 1.165) is 23.6 Å². The van der Waals surface area contributed by atoms with Crippen LogP contribution in [0.25, 0.3) is 0 Å². The highest BCUT2D eigenvalue weighted by molar-refractivity contribution is 5.47. The number of rotatable bonds is 4. The van der Waals surface area contributed by atoms with Crippen LogP contribution in [0.2, 0.25) is 0 Å². The normalized spacial score (nSPS) is 18.6. The van der Waals surface area contributed by atoms with E-state index in [2.05, 4.69) is 17.0 Å². The Morgan fingerprint density at radius 2 is 1.94 bits per heavy atom. The third kappa shape index (κ3) is 3.49.